The zero-order chi connectivity index (χ0) is 15.0. The van der Waals surface area contributed by atoms with Gasteiger partial charge in [0.2, 0.25) is 0 Å². The molecule has 0 heterocycles. The van der Waals surface area contributed by atoms with Crippen molar-refractivity contribution < 1.29 is 17.9 Å². The molecule has 2 nitrogen and oxygen atoms in total. The molecule has 0 unspecified atom stereocenters. The van der Waals surface area contributed by atoms with Crippen molar-refractivity contribution in [2.45, 2.75) is 37.3 Å². The molecule has 1 saturated carbocycles. The number of benzene rings is 1. The maximum absolute atomic E-state index is 13.1. The molecule has 2 N–H and O–H groups in total. The summed E-state index contributed by atoms with van der Waals surface area (Å²) in [7, 11) is 1.18. The van der Waals surface area contributed by atoms with Crippen LogP contribution in [0.15, 0.2) is 12.1 Å². The minimum absolute atomic E-state index is 0.0166. The van der Waals surface area contributed by atoms with Gasteiger partial charge in [-0.25, -0.2) is 0 Å². The van der Waals surface area contributed by atoms with E-state index >= 15 is 0 Å². The first kappa shape index (κ1) is 15.4. The molecule has 20 heavy (non-hydrogen) atoms. The fourth-order valence-corrected chi connectivity index (χ4v) is 3.28. The number of methoxy groups -OCH3 is 1. The zero-order valence-electron chi connectivity index (χ0n) is 11.2. The maximum atomic E-state index is 13.1. The quantitative estimate of drug-likeness (QED) is 0.911. The summed E-state index contributed by atoms with van der Waals surface area (Å²) < 4.78 is 44.2. The molecule has 0 spiro atoms. The second-order valence-electron chi connectivity index (χ2n) is 5.23. The average Bonchev–Trinajstić information content (AvgIpc) is 2.86. The van der Waals surface area contributed by atoms with Crippen LogP contribution < -0.4 is 10.5 Å². The number of nitrogens with two attached hydrogens (primary N) is 1. The van der Waals surface area contributed by atoms with Crippen LogP contribution in [0, 0.1) is 0 Å². The van der Waals surface area contributed by atoms with Crippen LogP contribution in [0.2, 0.25) is 5.02 Å². The smallest absolute Gasteiger partial charge is 0.420 e. The van der Waals surface area contributed by atoms with E-state index in [0.29, 0.717) is 12.1 Å². The number of halogens is 4. The molecule has 2 rings (SSSR count). The van der Waals surface area contributed by atoms with E-state index in [-0.39, 0.29) is 10.8 Å². The summed E-state index contributed by atoms with van der Waals surface area (Å²) in [6, 6.07) is 2.71. The Hall–Kier alpha value is -0.940. The monoisotopic (exact) mass is 307 g/mol. The Balaban J connectivity index is 2.59. The highest BCUT2D eigenvalue weighted by molar-refractivity contribution is 6.32. The molecule has 0 saturated heterocycles. The Morgan fingerprint density at radius 1 is 1.30 bits per heavy atom. The molecule has 1 fully saturated rings. The van der Waals surface area contributed by atoms with Crippen LogP contribution in [0.5, 0.6) is 5.75 Å². The summed E-state index contributed by atoms with van der Waals surface area (Å²) in [5.41, 5.74) is 5.17. The summed E-state index contributed by atoms with van der Waals surface area (Å²) in [6.07, 6.45) is -0.962. The third-order valence-electron chi connectivity index (χ3n) is 4.12. The maximum Gasteiger partial charge on any atom is 0.420 e. The molecule has 1 aliphatic carbocycles. The van der Waals surface area contributed by atoms with Crippen LogP contribution in [-0.2, 0) is 11.6 Å². The lowest BCUT2D eigenvalue weighted by molar-refractivity contribution is -0.138. The van der Waals surface area contributed by atoms with Crippen molar-refractivity contribution in [1.29, 1.82) is 0 Å². The van der Waals surface area contributed by atoms with Gasteiger partial charge in [-0.3, -0.25) is 0 Å². The number of hydrogen-bond acceptors (Lipinski definition) is 2. The summed E-state index contributed by atoms with van der Waals surface area (Å²) >= 11 is 5.97. The molecular weight excluding hydrogens is 291 g/mol. The summed E-state index contributed by atoms with van der Waals surface area (Å²) in [6.45, 7) is 0.326. The molecule has 0 atom stereocenters. The third kappa shape index (κ3) is 2.61. The van der Waals surface area contributed by atoms with E-state index in [1.54, 1.807) is 6.07 Å². The second-order valence-corrected chi connectivity index (χ2v) is 5.64. The Kier molecular flexibility index (Phi) is 4.21. The van der Waals surface area contributed by atoms with Crippen LogP contribution in [0.4, 0.5) is 13.2 Å². The van der Waals surface area contributed by atoms with Gasteiger partial charge in [-0.05, 0) is 30.5 Å². The van der Waals surface area contributed by atoms with E-state index in [4.69, 9.17) is 22.1 Å². The van der Waals surface area contributed by atoms with E-state index < -0.39 is 17.2 Å². The van der Waals surface area contributed by atoms with Crippen LogP contribution in [0.3, 0.4) is 0 Å². The van der Waals surface area contributed by atoms with Gasteiger partial charge in [-0.2, -0.15) is 13.2 Å². The van der Waals surface area contributed by atoms with Gasteiger partial charge in [0, 0.05) is 12.0 Å². The van der Waals surface area contributed by atoms with Gasteiger partial charge in [0.15, 0.2) is 0 Å². The van der Waals surface area contributed by atoms with Gasteiger partial charge in [0.1, 0.15) is 5.75 Å². The van der Waals surface area contributed by atoms with Crippen molar-refractivity contribution in [3.8, 4) is 5.75 Å². The standard InChI is InChI=1S/C14H17ClF3NO/c1-20-12-10(14(16,17)18)6-9(7-11(12)15)13(8-19)4-2-3-5-13/h6-7H,2-5,8,19H2,1H3. The molecule has 112 valence electrons. The highest BCUT2D eigenvalue weighted by Crippen LogP contribution is 2.46. The Bertz CT molecular complexity index is 496. The molecule has 0 amide bonds. The fraction of sp³-hybridized carbons (Fsp3) is 0.571. The SMILES string of the molecule is COc1c(Cl)cc(C2(CN)CCCC2)cc1C(F)(F)F. The predicted octanol–water partition coefficient (Wildman–Crippen LogP) is 4.14. The largest absolute Gasteiger partial charge is 0.495 e. The van der Waals surface area contributed by atoms with Crippen LogP contribution in [-0.4, -0.2) is 13.7 Å². The van der Waals surface area contributed by atoms with Gasteiger partial charge < -0.3 is 10.5 Å². The first-order chi connectivity index (χ1) is 9.34. The summed E-state index contributed by atoms with van der Waals surface area (Å²) in [4.78, 5) is 0. The lowest BCUT2D eigenvalue weighted by Gasteiger charge is -2.29. The van der Waals surface area contributed by atoms with Gasteiger partial charge in [0.05, 0.1) is 17.7 Å². The lowest BCUT2D eigenvalue weighted by atomic mass is 9.78. The number of hydrogen-bond donors (Lipinski definition) is 1. The minimum Gasteiger partial charge on any atom is -0.495 e. The first-order valence-corrected chi connectivity index (χ1v) is 6.87. The second kappa shape index (κ2) is 5.45. The topological polar surface area (TPSA) is 35.2 Å². The van der Waals surface area contributed by atoms with Gasteiger partial charge in [-0.1, -0.05) is 24.4 Å². The molecule has 0 aliphatic heterocycles. The fourth-order valence-electron chi connectivity index (χ4n) is 2.98. The third-order valence-corrected chi connectivity index (χ3v) is 4.40. The van der Waals surface area contributed by atoms with E-state index in [1.165, 1.54) is 7.11 Å². The van der Waals surface area contributed by atoms with Gasteiger partial charge >= 0.3 is 6.18 Å². The molecule has 1 aliphatic rings. The van der Waals surface area contributed by atoms with Gasteiger partial charge in [-0.15, -0.1) is 0 Å². The molecule has 0 bridgehead atoms. The van der Waals surface area contributed by atoms with Crippen molar-refractivity contribution in [3.05, 3.63) is 28.3 Å². The molecule has 6 heteroatoms. The molecule has 0 radical (unpaired) electrons. The molecule has 1 aromatic rings. The Morgan fingerprint density at radius 3 is 2.35 bits per heavy atom. The number of alkyl halides is 3. The van der Waals surface area contributed by atoms with Crippen LogP contribution >= 0.6 is 11.6 Å². The molecular formula is C14H17ClF3NO. The number of ether oxygens (including phenoxy) is 1. The van der Waals surface area contributed by atoms with Crippen molar-refractivity contribution in [1.82, 2.24) is 0 Å². The van der Waals surface area contributed by atoms with Crippen molar-refractivity contribution in [2.24, 2.45) is 5.73 Å². The van der Waals surface area contributed by atoms with Crippen molar-refractivity contribution in [2.75, 3.05) is 13.7 Å². The molecule has 0 aromatic heterocycles. The van der Waals surface area contributed by atoms with E-state index in [2.05, 4.69) is 0 Å². The van der Waals surface area contributed by atoms with E-state index in [1.807, 2.05) is 0 Å². The Labute approximate surface area is 121 Å². The van der Waals surface area contributed by atoms with Crippen molar-refractivity contribution in [3.63, 3.8) is 0 Å². The lowest BCUT2D eigenvalue weighted by Crippen LogP contribution is -2.32. The average molecular weight is 308 g/mol. The first-order valence-electron chi connectivity index (χ1n) is 6.49. The van der Waals surface area contributed by atoms with Crippen LogP contribution in [0.25, 0.3) is 0 Å². The minimum atomic E-state index is -4.50. The van der Waals surface area contributed by atoms with Gasteiger partial charge in [0.25, 0.3) is 0 Å². The number of rotatable bonds is 3. The predicted molar refractivity (Wildman–Crippen MR) is 72.2 cm³/mol. The van der Waals surface area contributed by atoms with E-state index in [0.717, 1.165) is 31.7 Å². The highest BCUT2D eigenvalue weighted by Gasteiger charge is 2.40. The summed E-state index contributed by atoms with van der Waals surface area (Å²) in [5.74, 6) is -0.326. The Morgan fingerprint density at radius 2 is 1.90 bits per heavy atom. The summed E-state index contributed by atoms with van der Waals surface area (Å²) in [5, 5.41) is -0.0166. The molecule has 1 aromatic carbocycles. The van der Waals surface area contributed by atoms with Crippen molar-refractivity contribution >= 4 is 11.6 Å². The normalized spacial score (nSPS) is 18.3. The highest BCUT2D eigenvalue weighted by atomic mass is 35.5. The van der Waals surface area contributed by atoms with E-state index in [9.17, 15) is 13.2 Å². The van der Waals surface area contributed by atoms with Crippen LogP contribution in [0.1, 0.15) is 36.8 Å². The zero-order valence-corrected chi connectivity index (χ0v) is 11.9.